The lowest BCUT2D eigenvalue weighted by atomic mass is 10.0. The van der Waals surface area contributed by atoms with Gasteiger partial charge in [-0.2, -0.15) is 0 Å². The minimum absolute atomic E-state index is 0.161. The number of carbonyl (C=O) groups excluding carboxylic acids is 2. The normalized spacial score (nSPS) is 11.5. The maximum atomic E-state index is 13.4. The van der Waals surface area contributed by atoms with Gasteiger partial charge in [0.1, 0.15) is 11.8 Å². The standard InChI is InChI=1S/C26H25Cl3N2O3/c1-2-30-26(33)24(15-18-6-4-3-5-7-18)31(16-19-8-13-22(28)23(29)14-19)25(32)17-34-21-11-9-20(27)10-12-21/h3-14,24H,2,15-17H2,1H3,(H,30,33)/t24-/m0/s1. The molecular weight excluding hydrogens is 495 g/mol. The van der Waals surface area contributed by atoms with Gasteiger partial charge in [0, 0.05) is 24.5 Å². The van der Waals surface area contributed by atoms with Crippen molar-refractivity contribution in [1.82, 2.24) is 10.2 Å². The summed E-state index contributed by atoms with van der Waals surface area (Å²) < 4.78 is 5.70. The number of benzene rings is 3. The highest BCUT2D eigenvalue weighted by atomic mass is 35.5. The number of nitrogens with one attached hydrogen (secondary N) is 1. The lowest BCUT2D eigenvalue weighted by Crippen LogP contribution is -2.51. The topological polar surface area (TPSA) is 58.6 Å². The molecule has 5 nitrogen and oxygen atoms in total. The Labute approximate surface area is 214 Å². The second-order valence-electron chi connectivity index (χ2n) is 7.61. The van der Waals surface area contributed by atoms with Crippen molar-refractivity contribution in [2.75, 3.05) is 13.2 Å². The maximum Gasteiger partial charge on any atom is 0.261 e. The van der Waals surface area contributed by atoms with E-state index in [4.69, 9.17) is 39.5 Å². The van der Waals surface area contributed by atoms with E-state index in [0.717, 1.165) is 11.1 Å². The van der Waals surface area contributed by atoms with Crippen LogP contribution in [0.3, 0.4) is 0 Å². The minimum Gasteiger partial charge on any atom is -0.484 e. The fourth-order valence-corrected chi connectivity index (χ4v) is 3.89. The molecule has 1 atom stereocenters. The van der Waals surface area contributed by atoms with E-state index in [-0.39, 0.29) is 25.0 Å². The quantitative estimate of drug-likeness (QED) is 0.368. The Morgan fingerprint density at radius 1 is 0.912 bits per heavy atom. The van der Waals surface area contributed by atoms with Gasteiger partial charge in [-0.3, -0.25) is 9.59 Å². The molecule has 0 aliphatic heterocycles. The van der Waals surface area contributed by atoms with Crippen LogP contribution in [0.2, 0.25) is 15.1 Å². The smallest absolute Gasteiger partial charge is 0.261 e. The summed E-state index contributed by atoms with van der Waals surface area (Å²) in [5.41, 5.74) is 1.68. The molecule has 0 saturated heterocycles. The lowest BCUT2D eigenvalue weighted by Gasteiger charge is -2.31. The molecule has 0 heterocycles. The maximum absolute atomic E-state index is 13.4. The van der Waals surface area contributed by atoms with Crippen LogP contribution < -0.4 is 10.1 Å². The molecule has 0 spiro atoms. The Kier molecular flexibility index (Phi) is 9.63. The van der Waals surface area contributed by atoms with Gasteiger partial charge in [-0.15, -0.1) is 0 Å². The molecule has 3 rings (SSSR count). The summed E-state index contributed by atoms with van der Waals surface area (Å²) >= 11 is 18.2. The van der Waals surface area contributed by atoms with Crippen molar-refractivity contribution in [3.63, 3.8) is 0 Å². The molecule has 0 aliphatic carbocycles. The predicted molar refractivity (Wildman–Crippen MR) is 137 cm³/mol. The van der Waals surface area contributed by atoms with Crippen molar-refractivity contribution in [2.45, 2.75) is 25.9 Å². The minimum atomic E-state index is -0.752. The van der Waals surface area contributed by atoms with Gasteiger partial charge in [-0.05, 0) is 54.4 Å². The summed E-state index contributed by atoms with van der Waals surface area (Å²) in [4.78, 5) is 28.0. The van der Waals surface area contributed by atoms with Gasteiger partial charge in [-0.1, -0.05) is 71.2 Å². The van der Waals surface area contributed by atoms with Crippen molar-refractivity contribution < 1.29 is 14.3 Å². The van der Waals surface area contributed by atoms with E-state index in [9.17, 15) is 9.59 Å². The first-order valence-electron chi connectivity index (χ1n) is 10.8. The van der Waals surface area contributed by atoms with Crippen LogP contribution in [0.15, 0.2) is 72.8 Å². The third-order valence-corrected chi connectivity index (χ3v) is 6.13. The molecule has 0 unspecified atom stereocenters. The van der Waals surface area contributed by atoms with E-state index in [1.165, 1.54) is 4.90 Å². The summed E-state index contributed by atoms with van der Waals surface area (Å²) in [6, 6.07) is 20.7. The van der Waals surface area contributed by atoms with Crippen molar-refractivity contribution in [3.8, 4) is 5.75 Å². The van der Waals surface area contributed by atoms with Crippen molar-refractivity contribution in [2.24, 2.45) is 0 Å². The van der Waals surface area contributed by atoms with Crippen LogP contribution in [0, 0.1) is 0 Å². The second kappa shape index (κ2) is 12.7. The Hall–Kier alpha value is -2.73. The van der Waals surface area contributed by atoms with Crippen LogP contribution in [0.5, 0.6) is 5.75 Å². The molecule has 0 fully saturated rings. The Morgan fingerprint density at radius 2 is 1.62 bits per heavy atom. The van der Waals surface area contributed by atoms with Gasteiger partial charge < -0.3 is 15.0 Å². The van der Waals surface area contributed by atoms with Crippen LogP contribution in [0.25, 0.3) is 0 Å². The molecule has 0 bridgehead atoms. The lowest BCUT2D eigenvalue weighted by molar-refractivity contribution is -0.142. The highest BCUT2D eigenvalue weighted by Crippen LogP contribution is 2.24. The fraction of sp³-hybridized carbons (Fsp3) is 0.231. The van der Waals surface area contributed by atoms with Crippen LogP contribution in [0.4, 0.5) is 0 Å². The molecule has 1 N–H and O–H groups in total. The Balaban J connectivity index is 1.90. The van der Waals surface area contributed by atoms with E-state index in [0.29, 0.717) is 33.8 Å². The molecular formula is C26H25Cl3N2O3. The Bertz CT molecular complexity index is 1110. The Morgan fingerprint density at radius 3 is 2.26 bits per heavy atom. The number of ether oxygens (including phenoxy) is 1. The van der Waals surface area contributed by atoms with Gasteiger partial charge in [0.25, 0.3) is 5.91 Å². The van der Waals surface area contributed by atoms with E-state index < -0.39 is 6.04 Å². The second-order valence-corrected chi connectivity index (χ2v) is 8.86. The third-order valence-electron chi connectivity index (χ3n) is 5.13. The largest absolute Gasteiger partial charge is 0.484 e. The van der Waals surface area contributed by atoms with E-state index in [1.807, 2.05) is 37.3 Å². The molecule has 3 aromatic carbocycles. The molecule has 178 valence electrons. The SMILES string of the molecule is CCNC(=O)[C@H](Cc1ccccc1)N(Cc1ccc(Cl)c(Cl)c1)C(=O)COc1ccc(Cl)cc1. The number of hydrogen-bond donors (Lipinski definition) is 1. The van der Waals surface area contributed by atoms with Crippen LogP contribution in [0.1, 0.15) is 18.1 Å². The van der Waals surface area contributed by atoms with Crippen molar-refractivity contribution in [3.05, 3.63) is 99.0 Å². The molecule has 0 aromatic heterocycles. The highest BCUT2D eigenvalue weighted by molar-refractivity contribution is 6.42. The fourth-order valence-electron chi connectivity index (χ4n) is 3.44. The summed E-state index contributed by atoms with van der Waals surface area (Å²) in [5, 5.41) is 4.21. The molecule has 0 aliphatic rings. The van der Waals surface area contributed by atoms with E-state index in [1.54, 1.807) is 42.5 Å². The van der Waals surface area contributed by atoms with Crippen LogP contribution in [-0.2, 0) is 22.6 Å². The number of likely N-dealkylation sites (N-methyl/N-ethyl adjacent to an activating group) is 1. The van der Waals surface area contributed by atoms with Crippen LogP contribution >= 0.6 is 34.8 Å². The van der Waals surface area contributed by atoms with Crippen molar-refractivity contribution >= 4 is 46.6 Å². The average molecular weight is 520 g/mol. The van der Waals surface area contributed by atoms with Gasteiger partial charge >= 0.3 is 0 Å². The number of amides is 2. The third kappa shape index (κ3) is 7.39. The first-order chi connectivity index (χ1) is 16.4. The summed E-state index contributed by atoms with van der Waals surface area (Å²) in [5.74, 6) is -0.0793. The molecule has 34 heavy (non-hydrogen) atoms. The first kappa shape index (κ1) is 25.9. The molecule has 0 radical (unpaired) electrons. The van der Waals surface area contributed by atoms with Gasteiger partial charge in [-0.25, -0.2) is 0 Å². The average Bonchev–Trinajstić information content (AvgIpc) is 2.83. The molecule has 8 heteroatoms. The summed E-state index contributed by atoms with van der Waals surface area (Å²) in [7, 11) is 0. The highest BCUT2D eigenvalue weighted by Gasteiger charge is 2.30. The zero-order valence-electron chi connectivity index (χ0n) is 18.6. The predicted octanol–water partition coefficient (Wildman–Crippen LogP) is 5.80. The zero-order chi connectivity index (χ0) is 24.5. The van der Waals surface area contributed by atoms with Gasteiger partial charge in [0.15, 0.2) is 6.61 Å². The zero-order valence-corrected chi connectivity index (χ0v) is 20.9. The summed E-state index contributed by atoms with van der Waals surface area (Å²) in [6.45, 7) is 2.20. The number of nitrogens with zero attached hydrogens (tertiary/aromatic N) is 1. The van der Waals surface area contributed by atoms with Crippen molar-refractivity contribution in [1.29, 1.82) is 0 Å². The molecule has 2 amide bonds. The number of carbonyl (C=O) groups is 2. The van der Waals surface area contributed by atoms with Crippen LogP contribution in [-0.4, -0.2) is 35.9 Å². The number of rotatable bonds is 10. The van der Waals surface area contributed by atoms with E-state index in [2.05, 4.69) is 5.32 Å². The molecule has 0 saturated carbocycles. The number of halogens is 3. The van der Waals surface area contributed by atoms with Gasteiger partial charge in [0.05, 0.1) is 10.0 Å². The summed E-state index contributed by atoms with van der Waals surface area (Å²) in [6.07, 6.45) is 0.348. The first-order valence-corrected chi connectivity index (χ1v) is 11.9. The molecule has 3 aromatic rings. The van der Waals surface area contributed by atoms with Gasteiger partial charge in [0.2, 0.25) is 5.91 Å². The number of hydrogen-bond acceptors (Lipinski definition) is 3. The van der Waals surface area contributed by atoms with E-state index >= 15 is 0 Å². The monoisotopic (exact) mass is 518 g/mol.